The lowest BCUT2D eigenvalue weighted by Crippen LogP contribution is -2.41. The van der Waals surface area contributed by atoms with E-state index in [1.54, 1.807) is 12.1 Å². The van der Waals surface area contributed by atoms with Crippen molar-refractivity contribution in [2.24, 2.45) is 5.73 Å². The van der Waals surface area contributed by atoms with Gasteiger partial charge in [-0.25, -0.2) is 4.39 Å². The Morgan fingerprint density at radius 2 is 1.80 bits per heavy atom. The molecule has 0 amide bonds. The summed E-state index contributed by atoms with van der Waals surface area (Å²) in [5, 5.41) is 8.86. The van der Waals surface area contributed by atoms with E-state index < -0.39 is 30.1 Å². The molecule has 0 bridgehead atoms. The third-order valence-corrected chi connectivity index (χ3v) is 4.06. The van der Waals surface area contributed by atoms with Gasteiger partial charge in [0.05, 0.1) is 22.7 Å². The van der Waals surface area contributed by atoms with Gasteiger partial charge in [0.1, 0.15) is 11.9 Å². The van der Waals surface area contributed by atoms with Crippen LogP contribution in [0.2, 0.25) is 0 Å². The highest BCUT2D eigenvalue weighted by molar-refractivity contribution is 6.47. The standard InChI is InChI=1S/C14H18BFN2O2/c1-13(2)14(3,4)20-15(19-13)12(18)9-5-6-11(16)10(7-9)8-17/h5-7,12H,18H2,1-4H3/t12-/m1/s1. The van der Waals surface area contributed by atoms with E-state index in [-0.39, 0.29) is 5.56 Å². The third kappa shape index (κ3) is 2.45. The monoisotopic (exact) mass is 276 g/mol. The number of rotatable bonds is 2. The zero-order valence-corrected chi connectivity index (χ0v) is 12.1. The molecule has 2 rings (SSSR count). The maximum absolute atomic E-state index is 13.3. The number of nitrogens with zero attached hydrogens (tertiary/aromatic N) is 1. The Morgan fingerprint density at radius 3 is 2.30 bits per heavy atom. The number of hydrogen-bond donors (Lipinski definition) is 1. The van der Waals surface area contributed by atoms with Crippen molar-refractivity contribution in [2.45, 2.75) is 44.8 Å². The predicted octanol–water partition coefficient (Wildman–Crippen LogP) is 2.33. The minimum absolute atomic E-state index is 0.0329. The maximum Gasteiger partial charge on any atom is 0.480 e. The van der Waals surface area contributed by atoms with E-state index in [0.29, 0.717) is 5.56 Å². The van der Waals surface area contributed by atoms with Crippen molar-refractivity contribution in [3.63, 3.8) is 0 Å². The van der Waals surface area contributed by atoms with Gasteiger partial charge in [0.2, 0.25) is 0 Å². The summed E-state index contributed by atoms with van der Waals surface area (Å²) in [6, 6.07) is 6.02. The molecule has 1 aromatic rings. The largest absolute Gasteiger partial charge is 0.480 e. The van der Waals surface area contributed by atoms with E-state index in [4.69, 9.17) is 20.3 Å². The molecule has 0 saturated carbocycles. The van der Waals surface area contributed by atoms with Crippen LogP contribution < -0.4 is 5.73 Å². The quantitative estimate of drug-likeness (QED) is 0.842. The second-order valence-electron chi connectivity index (χ2n) is 6.00. The van der Waals surface area contributed by atoms with Gasteiger partial charge in [-0.2, -0.15) is 5.26 Å². The van der Waals surface area contributed by atoms with E-state index in [0.717, 1.165) is 0 Å². The van der Waals surface area contributed by atoms with E-state index in [1.807, 2.05) is 27.7 Å². The molecular weight excluding hydrogens is 258 g/mol. The van der Waals surface area contributed by atoms with Gasteiger partial charge in [0.15, 0.2) is 0 Å². The molecule has 20 heavy (non-hydrogen) atoms. The lowest BCUT2D eigenvalue weighted by Gasteiger charge is -2.32. The van der Waals surface area contributed by atoms with Crippen molar-refractivity contribution in [3.8, 4) is 6.07 Å². The Labute approximate surface area is 118 Å². The smallest absolute Gasteiger partial charge is 0.402 e. The lowest BCUT2D eigenvalue weighted by atomic mass is 9.74. The summed E-state index contributed by atoms with van der Waals surface area (Å²) in [7, 11) is -0.628. The summed E-state index contributed by atoms with van der Waals surface area (Å²) < 4.78 is 25.1. The third-order valence-electron chi connectivity index (χ3n) is 4.06. The molecule has 0 radical (unpaired) electrons. The van der Waals surface area contributed by atoms with Gasteiger partial charge in [0, 0.05) is 0 Å². The van der Waals surface area contributed by atoms with Gasteiger partial charge in [-0.1, -0.05) is 6.07 Å². The van der Waals surface area contributed by atoms with Crippen molar-refractivity contribution < 1.29 is 13.7 Å². The molecule has 106 valence electrons. The van der Waals surface area contributed by atoms with Gasteiger partial charge in [-0.3, -0.25) is 0 Å². The van der Waals surface area contributed by atoms with Crippen molar-refractivity contribution in [1.29, 1.82) is 5.26 Å². The van der Waals surface area contributed by atoms with Crippen LogP contribution in [0.5, 0.6) is 0 Å². The van der Waals surface area contributed by atoms with Gasteiger partial charge in [-0.15, -0.1) is 0 Å². The molecule has 0 aliphatic carbocycles. The van der Waals surface area contributed by atoms with Crippen molar-refractivity contribution in [2.75, 3.05) is 0 Å². The van der Waals surface area contributed by atoms with Crippen LogP contribution in [0, 0.1) is 17.1 Å². The number of nitriles is 1. The van der Waals surface area contributed by atoms with E-state index in [9.17, 15) is 4.39 Å². The van der Waals surface area contributed by atoms with Crippen LogP contribution in [-0.2, 0) is 9.31 Å². The summed E-state index contributed by atoms with van der Waals surface area (Å²) in [4.78, 5) is 0. The summed E-state index contributed by atoms with van der Waals surface area (Å²) in [6.07, 6.45) is 0. The highest BCUT2D eigenvalue weighted by Gasteiger charge is 2.53. The summed E-state index contributed by atoms with van der Waals surface area (Å²) >= 11 is 0. The van der Waals surface area contributed by atoms with Gasteiger partial charge in [-0.05, 0) is 45.4 Å². The molecule has 0 aromatic heterocycles. The number of halogens is 1. The summed E-state index contributed by atoms with van der Waals surface area (Å²) in [6.45, 7) is 7.74. The first kappa shape index (κ1) is 15.0. The lowest BCUT2D eigenvalue weighted by molar-refractivity contribution is 0.00578. The Hall–Kier alpha value is -1.42. The Bertz CT molecular complexity index is 553. The van der Waals surface area contributed by atoms with Gasteiger partial charge >= 0.3 is 7.12 Å². The topological polar surface area (TPSA) is 68.3 Å². The molecule has 1 atom stereocenters. The number of nitrogens with two attached hydrogens (primary N) is 1. The van der Waals surface area contributed by atoms with Crippen LogP contribution in [0.15, 0.2) is 18.2 Å². The molecule has 6 heteroatoms. The van der Waals surface area contributed by atoms with Crippen LogP contribution in [0.4, 0.5) is 4.39 Å². The van der Waals surface area contributed by atoms with Crippen LogP contribution in [0.1, 0.15) is 44.8 Å². The molecule has 1 aromatic carbocycles. The molecule has 1 saturated heterocycles. The molecule has 1 aliphatic rings. The van der Waals surface area contributed by atoms with Gasteiger partial charge in [0.25, 0.3) is 0 Å². The normalized spacial score (nSPS) is 21.6. The van der Waals surface area contributed by atoms with Crippen LogP contribution in [-0.4, -0.2) is 18.3 Å². The molecule has 1 fully saturated rings. The van der Waals surface area contributed by atoms with Crippen molar-refractivity contribution in [1.82, 2.24) is 0 Å². The molecule has 2 N–H and O–H groups in total. The van der Waals surface area contributed by atoms with Crippen LogP contribution >= 0.6 is 0 Å². The first-order valence-electron chi connectivity index (χ1n) is 6.49. The molecular formula is C14H18BFN2O2. The Kier molecular flexibility index (Phi) is 3.63. The minimum atomic E-state index is -0.628. The van der Waals surface area contributed by atoms with E-state index in [2.05, 4.69) is 0 Å². The fourth-order valence-corrected chi connectivity index (χ4v) is 2.03. The summed E-state index contributed by atoms with van der Waals surface area (Å²) in [5.74, 6) is -1.14. The van der Waals surface area contributed by atoms with E-state index in [1.165, 1.54) is 12.1 Å². The zero-order valence-electron chi connectivity index (χ0n) is 12.1. The highest BCUT2D eigenvalue weighted by atomic mass is 19.1. The fourth-order valence-electron chi connectivity index (χ4n) is 2.03. The number of hydrogen-bond acceptors (Lipinski definition) is 4. The molecule has 4 nitrogen and oxygen atoms in total. The number of benzene rings is 1. The average Bonchev–Trinajstić information content (AvgIpc) is 2.58. The molecule has 1 aliphatic heterocycles. The second kappa shape index (κ2) is 4.85. The van der Waals surface area contributed by atoms with Crippen molar-refractivity contribution in [3.05, 3.63) is 35.1 Å². The second-order valence-corrected chi connectivity index (χ2v) is 6.00. The predicted molar refractivity (Wildman–Crippen MR) is 74.1 cm³/mol. The van der Waals surface area contributed by atoms with E-state index >= 15 is 0 Å². The maximum atomic E-state index is 13.3. The molecule has 0 spiro atoms. The minimum Gasteiger partial charge on any atom is -0.402 e. The molecule has 1 heterocycles. The Balaban J connectivity index is 2.26. The highest BCUT2D eigenvalue weighted by Crippen LogP contribution is 2.39. The van der Waals surface area contributed by atoms with Gasteiger partial charge < -0.3 is 15.0 Å². The Morgan fingerprint density at radius 1 is 1.25 bits per heavy atom. The fraction of sp³-hybridized carbons (Fsp3) is 0.500. The SMILES string of the molecule is CC1(C)OB([C@H](N)c2ccc(F)c(C#N)c2)OC1(C)C. The van der Waals surface area contributed by atoms with Crippen LogP contribution in [0.3, 0.4) is 0 Å². The first-order chi connectivity index (χ1) is 9.18. The zero-order chi connectivity index (χ0) is 15.1. The van der Waals surface area contributed by atoms with Crippen LogP contribution in [0.25, 0.3) is 0 Å². The van der Waals surface area contributed by atoms with Crippen molar-refractivity contribution >= 4 is 7.12 Å². The average molecular weight is 276 g/mol. The first-order valence-corrected chi connectivity index (χ1v) is 6.49. The summed E-state index contributed by atoms with van der Waals surface area (Å²) in [5.41, 5.74) is 5.76. The molecule has 0 unspecified atom stereocenters.